The van der Waals surface area contributed by atoms with Crippen molar-refractivity contribution in [2.75, 3.05) is 25.6 Å². The highest BCUT2D eigenvalue weighted by molar-refractivity contribution is 7.17. The van der Waals surface area contributed by atoms with Crippen LogP contribution in [0.1, 0.15) is 38.1 Å². The van der Waals surface area contributed by atoms with Crippen LogP contribution in [0.4, 0.5) is 9.80 Å². The van der Waals surface area contributed by atoms with E-state index in [1.54, 1.807) is 31.2 Å². The lowest BCUT2D eigenvalue weighted by atomic mass is 10.0. The highest BCUT2D eigenvalue weighted by Crippen LogP contribution is 2.38. The Balaban J connectivity index is 1.68. The number of fused-ring (bicyclic) bond motifs is 2. The molecule has 0 radical (unpaired) electrons. The van der Waals surface area contributed by atoms with Gasteiger partial charge in [0.15, 0.2) is 0 Å². The number of hydrogen-bond acceptors (Lipinski definition) is 8. The van der Waals surface area contributed by atoms with Gasteiger partial charge in [-0.05, 0) is 31.0 Å². The van der Waals surface area contributed by atoms with E-state index < -0.39 is 23.4 Å². The van der Waals surface area contributed by atoms with Crippen LogP contribution in [0.3, 0.4) is 0 Å². The summed E-state index contributed by atoms with van der Waals surface area (Å²) in [5.41, 5.74) is 0.658. The summed E-state index contributed by atoms with van der Waals surface area (Å²) >= 11 is 1.16. The number of benzene rings is 1. The zero-order valence-electron chi connectivity index (χ0n) is 17.4. The van der Waals surface area contributed by atoms with Gasteiger partial charge in [0.2, 0.25) is 5.43 Å². The molecule has 1 aliphatic heterocycles. The molecule has 0 bridgehead atoms. The van der Waals surface area contributed by atoms with Crippen molar-refractivity contribution in [1.29, 1.82) is 0 Å². The van der Waals surface area contributed by atoms with Gasteiger partial charge < -0.3 is 24.1 Å². The van der Waals surface area contributed by atoms with Crippen LogP contribution in [0.2, 0.25) is 0 Å². The van der Waals surface area contributed by atoms with Crippen molar-refractivity contribution >= 4 is 45.3 Å². The van der Waals surface area contributed by atoms with Crippen molar-refractivity contribution in [2.24, 2.45) is 0 Å². The average molecular weight is 456 g/mol. The third-order valence-electron chi connectivity index (χ3n) is 5.12. The Labute approximate surface area is 186 Å². The quantitative estimate of drug-likeness (QED) is 0.598. The second-order valence-electron chi connectivity index (χ2n) is 7.00. The fraction of sp³-hybridized carbons (Fsp3) is 0.273. The smallest absolute Gasteiger partial charge is 0.410 e. The number of methoxy groups -OCH3 is 1. The minimum Gasteiger partial charge on any atom is -0.465 e. The first-order chi connectivity index (χ1) is 15.4. The molecule has 0 atom stereocenters. The Kier molecular flexibility index (Phi) is 5.95. The third kappa shape index (κ3) is 3.84. The Hall–Kier alpha value is -3.66. The van der Waals surface area contributed by atoms with Crippen molar-refractivity contribution in [1.82, 2.24) is 4.90 Å². The number of nitrogens with zero attached hydrogens (tertiary/aromatic N) is 1. The molecular formula is C22H20N2O7S. The van der Waals surface area contributed by atoms with Crippen molar-refractivity contribution in [3.05, 3.63) is 62.3 Å². The minimum absolute atomic E-state index is 0.181. The molecule has 32 heavy (non-hydrogen) atoms. The number of amides is 2. The molecule has 0 aliphatic carbocycles. The molecule has 1 aromatic carbocycles. The summed E-state index contributed by atoms with van der Waals surface area (Å²) in [6.45, 7) is 2.60. The number of rotatable bonds is 4. The predicted molar refractivity (Wildman–Crippen MR) is 117 cm³/mol. The summed E-state index contributed by atoms with van der Waals surface area (Å²) in [4.78, 5) is 52.5. The van der Waals surface area contributed by atoms with Crippen LogP contribution in [-0.4, -0.2) is 43.1 Å². The summed E-state index contributed by atoms with van der Waals surface area (Å²) in [5, 5.41) is 3.19. The Morgan fingerprint density at radius 1 is 1.25 bits per heavy atom. The molecule has 1 aliphatic rings. The van der Waals surface area contributed by atoms with Crippen LogP contribution in [-0.2, 0) is 22.4 Å². The lowest BCUT2D eigenvalue weighted by Gasteiger charge is -2.26. The maximum Gasteiger partial charge on any atom is 0.410 e. The molecule has 4 rings (SSSR count). The van der Waals surface area contributed by atoms with Gasteiger partial charge in [0.1, 0.15) is 22.4 Å². The zero-order chi connectivity index (χ0) is 22.8. The first-order valence-electron chi connectivity index (χ1n) is 9.91. The van der Waals surface area contributed by atoms with Crippen LogP contribution >= 0.6 is 11.3 Å². The van der Waals surface area contributed by atoms with E-state index in [1.807, 2.05) is 0 Å². The molecule has 3 heterocycles. The highest BCUT2D eigenvalue weighted by atomic mass is 32.1. The molecule has 9 nitrogen and oxygen atoms in total. The maximum absolute atomic E-state index is 12.9. The summed E-state index contributed by atoms with van der Waals surface area (Å²) < 4.78 is 15.4. The van der Waals surface area contributed by atoms with Crippen LogP contribution in [0.5, 0.6) is 0 Å². The van der Waals surface area contributed by atoms with Crippen molar-refractivity contribution in [2.45, 2.75) is 19.9 Å². The van der Waals surface area contributed by atoms with E-state index in [1.165, 1.54) is 12.0 Å². The van der Waals surface area contributed by atoms with Crippen molar-refractivity contribution < 1.29 is 28.3 Å². The normalized spacial score (nSPS) is 12.9. The van der Waals surface area contributed by atoms with Gasteiger partial charge in [-0.15, -0.1) is 11.3 Å². The van der Waals surface area contributed by atoms with Gasteiger partial charge in [-0.25, -0.2) is 9.59 Å². The van der Waals surface area contributed by atoms with E-state index in [2.05, 4.69) is 5.32 Å². The second kappa shape index (κ2) is 8.83. The summed E-state index contributed by atoms with van der Waals surface area (Å²) in [5.74, 6) is -1.30. The second-order valence-corrected chi connectivity index (χ2v) is 8.10. The van der Waals surface area contributed by atoms with E-state index in [9.17, 15) is 19.2 Å². The van der Waals surface area contributed by atoms with E-state index in [4.69, 9.17) is 13.9 Å². The van der Waals surface area contributed by atoms with Crippen molar-refractivity contribution in [3.8, 4) is 0 Å². The number of anilines is 1. The highest BCUT2D eigenvalue weighted by Gasteiger charge is 2.31. The third-order valence-corrected chi connectivity index (χ3v) is 6.26. The number of para-hydroxylation sites is 1. The van der Waals surface area contributed by atoms with Crippen LogP contribution in [0.25, 0.3) is 11.0 Å². The van der Waals surface area contributed by atoms with Gasteiger partial charge in [-0.1, -0.05) is 12.1 Å². The van der Waals surface area contributed by atoms with Crippen molar-refractivity contribution in [3.63, 3.8) is 0 Å². The molecule has 0 spiro atoms. The molecule has 3 aromatic rings. The first-order valence-corrected chi connectivity index (χ1v) is 10.7. The van der Waals surface area contributed by atoms with E-state index >= 15 is 0 Å². The monoisotopic (exact) mass is 456 g/mol. The zero-order valence-corrected chi connectivity index (χ0v) is 18.2. The summed E-state index contributed by atoms with van der Waals surface area (Å²) in [6, 6.07) is 6.62. The van der Waals surface area contributed by atoms with Crippen LogP contribution in [0, 0.1) is 0 Å². The average Bonchev–Trinajstić information content (AvgIpc) is 3.15. The maximum atomic E-state index is 12.9. The van der Waals surface area contributed by atoms with Gasteiger partial charge in [0, 0.05) is 11.4 Å². The van der Waals surface area contributed by atoms with E-state index in [-0.39, 0.29) is 34.7 Å². The lowest BCUT2D eigenvalue weighted by molar-refractivity contribution is 0.0600. The van der Waals surface area contributed by atoms with Gasteiger partial charge >= 0.3 is 12.1 Å². The minimum atomic E-state index is -0.699. The molecule has 166 valence electrons. The number of hydrogen-bond donors (Lipinski definition) is 1. The summed E-state index contributed by atoms with van der Waals surface area (Å²) in [7, 11) is 1.25. The molecule has 2 aromatic heterocycles. The van der Waals surface area contributed by atoms with Crippen LogP contribution in [0.15, 0.2) is 39.7 Å². The number of carbonyl (C=O) groups is 3. The molecule has 2 amide bonds. The molecule has 10 heteroatoms. The SMILES string of the molecule is CCOC(=O)N1CCc2c(sc(NC(=O)c3coc4ccccc4c3=O)c2C(=O)OC)C1. The number of carbonyl (C=O) groups excluding carboxylic acids is 3. The summed E-state index contributed by atoms with van der Waals surface area (Å²) in [6.07, 6.45) is 1.07. The fourth-order valence-corrected chi connectivity index (χ4v) is 4.83. The van der Waals surface area contributed by atoms with Gasteiger partial charge in [0.25, 0.3) is 5.91 Å². The molecular weight excluding hydrogens is 436 g/mol. The van der Waals surface area contributed by atoms with Gasteiger partial charge in [-0.2, -0.15) is 0 Å². The molecule has 0 fully saturated rings. The molecule has 0 saturated carbocycles. The largest absolute Gasteiger partial charge is 0.465 e. The molecule has 0 saturated heterocycles. The standard InChI is InChI=1S/C22H20N2O7S/c1-3-30-22(28)24-9-8-13-16(10-24)32-20(17(13)21(27)29-2)23-19(26)14-11-31-15-7-5-4-6-12(15)18(14)25/h4-7,11H,3,8-10H2,1-2H3,(H,23,26). The number of ether oxygens (including phenoxy) is 2. The molecule has 1 N–H and O–H groups in total. The number of thiophene rings is 1. The fourth-order valence-electron chi connectivity index (χ4n) is 3.59. The Bertz CT molecular complexity index is 1280. The number of esters is 1. The van der Waals surface area contributed by atoms with Gasteiger partial charge in [0.05, 0.1) is 31.2 Å². The lowest BCUT2D eigenvalue weighted by Crippen LogP contribution is -2.36. The van der Waals surface area contributed by atoms with E-state index in [0.29, 0.717) is 24.1 Å². The van der Waals surface area contributed by atoms with E-state index in [0.717, 1.165) is 22.5 Å². The number of nitrogens with one attached hydrogen (secondary N) is 1. The molecule has 0 unspecified atom stereocenters. The predicted octanol–water partition coefficient (Wildman–Crippen LogP) is 3.41. The Morgan fingerprint density at radius 2 is 2.03 bits per heavy atom. The first kappa shape index (κ1) is 21.6. The van der Waals surface area contributed by atoms with Crippen LogP contribution < -0.4 is 10.7 Å². The topological polar surface area (TPSA) is 115 Å². The Morgan fingerprint density at radius 3 is 2.78 bits per heavy atom. The van der Waals surface area contributed by atoms with Gasteiger partial charge in [-0.3, -0.25) is 9.59 Å².